The van der Waals surface area contributed by atoms with Gasteiger partial charge in [0.1, 0.15) is 55.6 Å². The predicted molar refractivity (Wildman–Crippen MR) is 159 cm³/mol. The van der Waals surface area contributed by atoms with Gasteiger partial charge in [0.05, 0.1) is 33.5 Å². The van der Waals surface area contributed by atoms with Crippen molar-refractivity contribution in [1.82, 2.24) is 0 Å². The highest BCUT2D eigenvalue weighted by molar-refractivity contribution is 5.89. The molecule has 17 nitrogen and oxygen atoms in total. The molecule has 2 heterocycles. The minimum Gasteiger partial charge on any atom is -0.508 e. The van der Waals surface area contributed by atoms with Gasteiger partial charge in [-0.15, -0.1) is 0 Å². The third-order valence-electron chi connectivity index (χ3n) is 7.68. The highest BCUT2D eigenvalue weighted by Crippen LogP contribution is 2.40. The van der Waals surface area contributed by atoms with E-state index < -0.39 is 86.6 Å². The molecule has 2 aromatic carbocycles. The molecule has 7 N–H and O–H groups in total. The lowest BCUT2D eigenvalue weighted by atomic mass is 9.98. The number of hydrogen-bond donors (Lipinski definition) is 7. The number of carbonyl (C=O) groups excluding carboxylic acids is 2. The SMILES string of the molecule is COc1cc(C=CC(=O)O[C@H]2[C@H](O)[C@@H](CO)O[C@]2(CO)O[C@@H]2O[C@H](COC(=O)c3ccc(O)cc3)[C@@H](O)[C@@H](O)[C@H]2O)cc(OC)c1OC. The Bertz CT molecular complexity index is 1410. The average molecular weight is 683 g/mol. The Balaban J connectivity index is 1.51. The number of phenolic OH excluding ortho intramolecular Hbond substituents is 1. The van der Waals surface area contributed by atoms with Crippen LogP contribution in [-0.2, 0) is 28.5 Å². The van der Waals surface area contributed by atoms with E-state index >= 15 is 0 Å². The van der Waals surface area contributed by atoms with Crippen molar-refractivity contribution in [2.45, 2.75) is 54.8 Å². The average Bonchev–Trinajstić information content (AvgIpc) is 3.36. The van der Waals surface area contributed by atoms with Gasteiger partial charge in [0.2, 0.25) is 11.5 Å². The molecule has 0 aliphatic carbocycles. The summed E-state index contributed by atoms with van der Waals surface area (Å²) in [6, 6.07) is 8.16. The number of benzene rings is 2. The molecule has 0 radical (unpaired) electrons. The van der Waals surface area contributed by atoms with Crippen molar-refractivity contribution < 1.29 is 83.2 Å². The Hall–Kier alpha value is -4.04. The molecule has 2 saturated heterocycles. The zero-order valence-electron chi connectivity index (χ0n) is 26.1. The second-order valence-corrected chi connectivity index (χ2v) is 10.7. The van der Waals surface area contributed by atoms with Crippen LogP contribution in [-0.4, -0.2) is 144 Å². The smallest absolute Gasteiger partial charge is 0.338 e. The van der Waals surface area contributed by atoms with Crippen molar-refractivity contribution >= 4 is 18.0 Å². The standard InChI is InChI=1S/C31H38O17/c1-41-18-10-15(11-19(42-2)27(18)43-3)4-9-22(35)46-28-24(37)20(12-32)47-31(28,14-33)48-30-26(39)25(38)23(36)21(45-30)13-44-29(40)16-5-7-17(34)8-6-16/h4-11,20-21,23-26,28,30,32-34,36-39H,12-14H2,1-3H3/t20-,21-,23-,24-,25-,26-,28+,30+,31-/m1/s1. The van der Waals surface area contributed by atoms with Crippen molar-refractivity contribution in [2.75, 3.05) is 41.2 Å². The first-order valence-corrected chi connectivity index (χ1v) is 14.5. The highest BCUT2D eigenvalue weighted by Gasteiger charge is 2.60. The van der Waals surface area contributed by atoms with Crippen molar-refractivity contribution in [3.8, 4) is 23.0 Å². The van der Waals surface area contributed by atoms with Crippen LogP contribution < -0.4 is 14.2 Å². The summed E-state index contributed by atoms with van der Waals surface area (Å²) in [5, 5.41) is 72.2. The van der Waals surface area contributed by atoms with Gasteiger partial charge in [0.25, 0.3) is 0 Å². The van der Waals surface area contributed by atoms with Gasteiger partial charge in [-0.05, 0) is 48.0 Å². The Labute approximate surface area is 274 Å². The highest BCUT2D eigenvalue weighted by atomic mass is 16.8. The zero-order chi connectivity index (χ0) is 35.2. The van der Waals surface area contributed by atoms with E-state index in [1.54, 1.807) is 12.1 Å². The van der Waals surface area contributed by atoms with Gasteiger partial charge in [-0.2, -0.15) is 0 Å². The second kappa shape index (κ2) is 15.9. The number of aromatic hydroxyl groups is 1. The molecule has 2 aromatic rings. The molecular weight excluding hydrogens is 644 g/mol. The van der Waals surface area contributed by atoms with E-state index in [4.69, 9.17) is 37.9 Å². The van der Waals surface area contributed by atoms with Crippen molar-refractivity contribution in [1.29, 1.82) is 0 Å². The summed E-state index contributed by atoms with van der Waals surface area (Å²) in [6.07, 6.45) is -11.9. The summed E-state index contributed by atoms with van der Waals surface area (Å²) in [5.74, 6) is -3.57. The van der Waals surface area contributed by atoms with Gasteiger partial charge in [-0.3, -0.25) is 0 Å². The molecule has 2 fully saturated rings. The first kappa shape index (κ1) is 36.8. The molecule has 0 aromatic heterocycles. The van der Waals surface area contributed by atoms with Crippen LogP contribution in [0.1, 0.15) is 15.9 Å². The van der Waals surface area contributed by atoms with Crippen LogP contribution in [0.4, 0.5) is 0 Å². The third-order valence-corrected chi connectivity index (χ3v) is 7.68. The Morgan fingerprint density at radius 3 is 2.08 bits per heavy atom. The fourth-order valence-corrected chi connectivity index (χ4v) is 5.13. The molecule has 2 aliphatic rings. The maximum atomic E-state index is 13.0. The number of esters is 2. The zero-order valence-corrected chi connectivity index (χ0v) is 26.1. The molecule has 2 aliphatic heterocycles. The monoisotopic (exact) mass is 682 g/mol. The molecule has 264 valence electrons. The van der Waals surface area contributed by atoms with E-state index in [0.29, 0.717) is 22.8 Å². The normalized spacial score (nSPS) is 30.2. The van der Waals surface area contributed by atoms with E-state index in [1.807, 2.05) is 0 Å². The first-order valence-electron chi connectivity index (χ1n) is 14.5. The van der Waals surface area contributed by atoms with E-state index in [1.165, 1.54) is 51.7 Å². The lowest BCUT2D eigenvalue weighted by Crippen LogP contribution is -2.63. The van der Waals surface area contributed by atoms with Crippen LogP contribution in [0.3, 0.4) is 0 Å². The van der Waals surface area contributed by atoms with Crippen molar-refractivity contribution in [3.05, 3.63) is 53.6 Å². The molecule has 17 heteroatoms. The molecule has 0 saturated carbocycles. The Kier molecular flexibility index (Phi) is 12.2. The first-order chi connectivity index (χ1) is 22.9. The molecule has 0 amide bonds. The molecule has 0 spiro atoms. The molecule has 0 unspecified atom stereocenters. The maximum Gasteiger partial charge on any atom is 0.338 e. The van der Waals surface area contributed by atoms with Crippen molar-refractivity contribution in [2.24, 2.45) is 0 Å². The van der Waals surface area contributed by atoms with Gasteiger partial charge in [0, 0.05) is 6.08 Å². The fourth-order valence-electron chi connectivity index (χ4n) is 5.13. The predicted octanol–water partition coefficient (Wildman–Crippen LogP) is -1.54. The van der Waals surface area contributed by atoms with Crippen LogP contribution in [0.2, 0.25) is 0 Å². The summed E-state index contributed by atoms with van der Waals surface area (Å²) in [4.78, 5) is 25.4. The van der Waals surface area contributed by atoms with Gasteiger partial charge >= 0.3 is 11.9 Å². The minimum atomic E-state index is -2.47. The summed E-state index contributed by atoms with van der Waals surface area (Å²) < 4.78 is 43.3. The molecular formula is C31H38O17. The largest absolute Gasteiger partial charge is 0.508 e. The number of phenols is 1. The van der Waals surface area contributed by atoms with Crippen LogP contribution in [0.5, 0.6) is 23.0 Å². The van der Waals surface area contributed by atoms with Crippen LogP contribution in [0, 0.1) is 0 Å². The minimum absolute atomic E-state index is 0.0538. The Morgan fingerprint density at radius 2 is 1.52 bits per heavy atom. The summed E-state index contributed by atoms with van der Waals surface area (Å²) in [7, 11) is 4.24. The summed E-state index contributed by atoms with van der Waals surface area (Å²) in [5.41, 5.74) is 0.476. The molecule has 0 bridgehead atoms. The number of carbonyl (C=O) groups is 2. The van der Waals surface area contributed by atoms with E-state index in [2.05, 4.69) is 0 Å². The molecule has 9 atom stereocenters. The quantitative estimate of drug-likeness (QED) is 0.0934. The lowest BCUT2D eigenvalue weighted by Gasteiger charge is -2.43. The van der Waals surface area contributed by atoms with Crippen LogP contribution in [0.15, 0.2) is 42.5 Å². The maximum absolute atomic E-state index is 13.0. The number of rotatable bonds is 13. The second-order valence-electron chi connectivity index (χ2n) is 10.7. The van der Waals surface area contributed by atoms with Crippen molar-refractivity contribution in [3.63, 3.8) is 0 Å². The van der Waals surface area contributed by atoms with E-state index in [0.717, 1.165) is 6.08 Å². The number of methoxy groups -OCH3 is 3. The number of ether oxygens (including phenoxy) is 8. The number of hydrogen-bond acceptors (Lipinski definition) is 17. The molecule has 4 rings (SSSR count). The topological polar surface area (TPSA) is 250 Å². The number of aliphatic hydroxyl groups is 6. The lowest BCUT2D eigenvalue weighted by molar-refractivity contribution is -0.383. The van der Waals surface area contributed by atoms with Crippen LogP contribution in [0.25, 0.3) is 6.08 Å². The summed E-state index contributed by atoms with van der Waals surface area (Å²) in [6.45, 7) is -2.59. The fraction of sp³-hybridized carbons (Fsp3) is 0.484. The Morgan fingerprint density at radius 1 is 0.875 bits per heavy atom. The third kappa shape index (κ3) is 7.81. The van der Waals surface area contributed by atoms with E-state index in [9.17, 15) is 45.3 Å². The van der Waals surface area contributed by atoms with E-state index in [-0.39, 0.29) is 11.3 Å². The summed E-state index contributed by atoms with van der Waals surface area (Å²) >= 11 is 0. The van der Waals surface area contributed by atoms with Crippen LogP contribution >= 0.6 is 0 Å². The molecule has 48 heavy (non-hydrogen) atoms. The van der Waals surface area contributed by atoms with Gasteiger partial charge in [-0.1, -0.05) is 0 Å². The van der Waals surface area contributed by atoms with Gasteiger partial charge in [0.15, 0.2) is 23.9 Å². The number of aliphatic hydroxyl groups excluding tert-OH is 6. The van der Waals surface area contributed by atoms with Gasteiger partial charge in [-0.25, -0.2) is 9.59 Å². The van der Waals surface area contributed by atoms with Gasteiger partial charge < -0.3 is 73.6 Å².